The molecule has 0 saturated heterocycles. The van der Waals surface area contributed by atoms with Gasteiger partial charge in [0.1, 0.15) is 0 Å². The van der Waals surface area contributed by atoms with Crippen LogP contribution < -0.4 is 5.32 Å². The van der Waals surface area contributed by atoms with Crippen molar-refractivity contribution in [2.45, 2.75) is 6.04 Å². The first-order chi connectivity index (χ1) is 10.3. The Morgan fingerprint density at radius 2 is 1.76 bits per heavy atom. The van der Waals surface area contributed by atoms with Gasteiger partial charge in [0, 0.05) is 4.47 Å². The van der Waals surface area contributed by atoms with Gasteiger partial charge < -0.3 is 5.32 Å². The van der Waals surface area contributed by atoms with Crippen molar-refractivity contribution < 1.29 is 0 Å². The van der Waals surface area contributed by atoms with Gasteiger partial charge in [-0.2, -0.15) is 4.68 Å². The number of tetrazole rings is 1. The van der Waals surface area contributed by atoms with Crippen LogP contribution in [0.4, 0.5) is 0 Å². The highest BCUT2D eigenvalue weighted by Crippen LogP contribution is 2.22. The van der Waals surface area contributed by atoms with Crippen LogP contribution in [-0.2, 0) is 0 Å². The molecule has 0 amide bonds. The lowest BCUT2D eigenvalue weighted by molar-refractivity contribution is 0.621. The molecule has 0 spiro atoms. The molecule has 0 aliphatic rings. The zero-order valence-electron chi connectivity index (χ0n) is 11.4. The van der Waals surface area contributed by atoms with E-state index in [2.05, 4.69) is 48.9 Å². The Balaban J connectivity index is 2.03. The number of aromatic nitrogens is 4. The minimum atomic E-state index is -0.0650. The van der Waals surface area contributed by atoms with Gasteiger partial charge in [0.05, 0.1) is 11.7 Å². The van der Waals surface area contributed by atoms with Crippen molar-refractivity contribution in [3.05, 3.63) is 70.5 Å². The van der Waals surface area contributed by atoms with Gasteiger partial charge in [0.15, 0.2) is 5.82 Å². The van der Waals surface area contributed by atoms with E-state index in [1.807, 2.05) is 49.5 Å². The summed E-state index contributed by atoms with van der Waals surface area (Å²) in [6.07, 6.45) is 0. The summed E-state index contributed by atoms with van der Waals surface area (Å²) in [5, 5.41) is 15.4. The summed E-state index contributed by atoms with van der Waals surface area (Å²) in [6.45, 7) is 0. The molecule has 21 heavy (non-hydrogen) atoms. The third kappa shape index (κ3) is 2.86. The van der Waals surface area contributed by atoms with Gasteiger partial charge in [-0.05, 0) is 47.3 Å². The predicted octanol–water partition coefficient (Wildman–Crippen LogP) is 2.73. The fraction of sp³-hybridized carbons (Fsp3) is 0.133. The van der Waals surface area contributed by atoms with Crippen LogP contribution in [0.5, 0.6) is 0 Å². The molecular formula is C15H14BrN5. The first kappa shape index (κ1) is 13.9. The summed E-state index contributed by atoms with van der Waals surface area (Å²) in [5.74, 6) is 0.756. The number of halogens is 1. The van der Waals surface area contributed by atoms with E-state index < -0.39 is 0 Å². The Hall–Kier alpha value is -2.05. The molecule has 106 valence electrons. The average Bonchev–Trinajstić information content (AvgIpc) is 2.99. The Morgan fingerprint density at radius 1 is 1.05 bits per heavy atom. The van der Waals surface area contributed by atoms with E-state index in [1.165, 1.54) is 0 Å². The second kappa shape index (κ2) is 6.15. The van der Waals surface area contributed by atoms with Gasteiger partial charge >= 0.3 is 0 Å². The third-order valence-corrected chi connectivity index (χ3v) is 3.77. The maximum Gasteiger partial charge on any atom is 0.178 e. The largest absolute Gasteiger partial charge is 0.307 e. The summed E-state index contributed by atoms with van der Waals surface area (Å²) < 4.78 is 2.77. The number of hydrogen-bond donors (Lipinski definition) is 1. The van der Waals surface area contributed by atoms with Crippen LogP contribution >= 0.6 is 15.9 Å². The maximum atomic E-state index is 4.19. The minimum absolute atomic E-state index is 0.0650. The Labute approximate surface area is 131 Å². The molecule has 3 aromatic rings. The van der Waals surface area contributed by atoms with Gasteiger partial charge in [-0.3, -0.25) is 0 Å². The number of nitrogens with zero attached hydrogens (tertiary/aromatic N) is 4. The lowest BCUT2D eigenvalue weighted by Crippen LogP contribution is -2.22. The summed E-state index contributed by atoms with van der Waals surface area (Å²) in [5.41, 5.74) is 2.04. The molecule has 5 nitrogen and oxygen atoms in total. The monoisotopic (exact) mass is 343 g/mol. The highest BCUT2D eigenvalue weighted by atomic mass is 79.9. The van der Waals surface area contributed by atoms with Crippen molar-refractivity contribution in [2.75, 3.05) is 7.05 Å². The number of hydrogen-bond acceptors (Lipinski definition) is 4. The van der Waals surface area contributed by atoms with Gasteiger partial charge in [0.2, 0.25) is 0 Å². The Morgan fingerprint density at radius 3 is 2.43 bits per heavy atom. The van der Waals surface area contributed by atoms with Crippen molar-refractivity contribution in [2.24, 2.45) is 0 Å². The van der Waals surface area contributed by atoms with Crippen molar-refractivity contribution >= 4 is 15.9 Å². The molecule has 1 atom stereocenters. The van der Waals surface area contributed by atoms with Crippen LogP contribution in [0.1, 0.15) is 17.4 Å². The van der Waals surface area contributed by atoms with E-state index in [9.17, 15) is 0 Å². The second-order valence-corrected chi connectivity index (χ2v) is 5.47. The topological polar surface area (TPSA) is 55.6 Å². The van der Waals surface area contributed by atoms with E-state index in [4.69, 9.17) is 0 Å². The molecule has 0 saturated carbocycles. The Bertz CT molecular complexity index is 708. The molecule has 3 rings (SSSR count). The molecule has 0 aliphatic heterocycles. The van der Waals surface area contributed by atoms with E-state index >= 15 is 0 Å². The van der Waals surface area contributed by atoms with Gasteiger partial charge in [0.25, 0.3) is 0 Å². The number of nitrogens with one attached hydrogen (secondary N) is 1. The highest BCUT2D eigenvalue weighted by Gasteiger charge is 2.20. The van der Waals surface area contributed by atoms with Gasteiger partial charge in [-0.15, -0.1) is 5.10 Å². The van der Waals surface area contributed by atoms with E-state index in [1.54, 1.807) is 4.68 Å². The van der Waals surface area contributed by atoms with Crippen LogP contribution in [0.25, 0.3) is 5.69 Å². The quantitative estimate of drug-likeness (QED) is 0.791. The van der Waals surface area contributed by atoms with E-state index in [0.29, 0.717) is 0 Å². The molecule has 0 fully saturated rings. The van der Waals surface area contributed by atoms with Gasteiger partial charge in [-0.1, -0.05) is 46.3 Å². The summed E-state index contributed by atoms with van der Waals surface area (Å²) >= 11 is 3.43. The SMILES string of the molecule is CNC(c1ccccc1)c1nnnn1-c1ccc(Br)cc1. The number of rotatable bonds is 4. The molecular weight excluding hydrogens is 330 g/mol. The van der Waals surface area contributed by atoms with Crippen molar-refractivity contribution in [1.29, 1.82) is 0 Å². The van der Waals surface area contributed by atoms with Crippen molar-refractivity contribution in [3.8, 4) is 5.69 Å². The molecule has 1 N–H and O–H groups in total. The van der Waals surface area contributed by atoms with Crippen LogP contribution in [0.2, 0.25) is 0 Å². The van der Waals surface area contributed by atoms with Crippen molar-refractivity contribution in [3.63, 3.8) is 0 Å². The molecule has 6 heteroatoms. The zero-order chi connectivity index (χ0) is 14.7. The standard InChI is InChI=1S/C15H14BrN5/c1-17-14(11-5-3-2-4-6-11)15-18-19-20-21(15)13-9-7-12(16)8-10-13/h2-10,14,17H,1H3. The minimum Gasteiger partial charge on any atom is -0.307 e. The molecule has 0 bridgehead atoms. The predicted molar refractivity (Wildman–Crippen MR) is 84.2 cm³/mol. The van der Waals surface area contributed by atoms with Crippen LogP contribution in [0.15, 0.2) is 59.1 Å². The molecule has 1 unspecified atom stereocenters. The summed E-state index contributed by atoms with van der Waals surface area (Å²) in [7, 11) is 1.90. The lowest BCUT2D eigenvalue weighted by atomic mass is 10.1. The van der Waals surface area contributed by atoms with Crippen LogP contribution in [0, 0.1) is 0 Å². The molecule has 0 radical (unpaired) electrons. The van der Waals surface area contributed by atoms with Crippen LogP contribution in [-0.4, -0.2) is 27.3 Å². The van der Waals surface area contributed by atoms with Crippen molar-refractivity contribution in [1.82, 2.24) is 25.5 Å². The normalized spacial score (nSPS) is 12.3. The molecule has 2 aromatic carbocycles. The van der Waals surface area contributed by atoms with E-state index in [0.717, 1.165) is 21.5 Å². The Kier molecular flexibility index (Phi) is 4.08. The third-order valence-electron chi connectivity index (χ3n) is 3.24. The molecule has 1 aromatic heterocycles. The zero-order valence-corrected chi connectivity index (χ0v) is 13.0. The fourth-order valence-electron chi connectivity index (χ4n) is 2.23. The molecule has 1 heterocycles. The second-order valence-electron chi connectivity index (χ2n) is 4.56. The summed E-state index contributed by atoms with van der Waals surface area (Å²) in [4.78, 5) is 0. The number of benzene rings is 2. The maximum absolute atomic E-state index is 4.19. The first-order valence-electron chi connectivity index (χ1n) is 6.56. The average molecular weight is 344 g/mol. The van der Waals surface area contributed by atoms with Crippen LogP contribution in [0.3, 0.4) is 0 Å². The fourth-order valence-corrected chi connectivity index (χ4v) is 2.49. The summed E-state index contributed by atoms with van der Waals surface area (Å²) in [6, 6.07) is 17.9. The molecule has 0 aliphatic carbocycles. The highest BCUT2D eigenvalue weighted by molar-refractivity contribution is 9.10. The lowest BCUT2D eigenvalue weighted by Gasteiger charge is -2.16. The van der Waals surface area contributed by atoms with E-state index in [-0.39, 0.29) is 6.04 Å². The first-order valence-corrected chi connectivity index (χ1v) is 7.35. The van der Waals surface area contributed by atoms with Gasteiger partial charge in [-0.25, -0.2) is 0 Å². The smallest absolute Gasteiger partial charge is 0.178 e.